The van der Waals surface area contributed by atoms with Crippen molar-refractivity contribution in [1.82, 2.24) is 14.5 Å². The Labute approximate surface area is 180 Å². The second kappa shape index (κ2) is 7.29. The summed E-state index contributed by atoms with van der Waals surface area (Å²) in [6.07, 6.45) is -4.72. The first-order chi connectivity index (χ1) is 15.1. The number of H-pyrrole nitrogens is 1. The highest BCUT2D eigenvalue weighted by molar-refractivity contribution is 7.93. The predicted molar refractivity (Wildman–Crippen MR) is 114 cm³/mol. The summed E-state index contributed by atoms with van der Waals surface area (Å²) in [6, 6.07) is 10.8. The Bertz CT molecular complexity index is 1390. The summed E-state index contributed by atoms with van der Waals surface area (Å²) in [5.74, 6) is -0.630. The summed E-state index contributed by atoms with van der Waals surface area (Å²) in [7, 11) is -4.15. The van der Waals surface area contributed by atoms with Gasteiger partial charge in [-0.15, -0.1) is 0 Å². The number of para-hydroxylation sites is 3. The van der Waals surface area contributed by atoms with E-state index >= 15 is 0 Å². The molecule has 1 unspecified atom stereocenters. The fourth-order valence-corrected chi connectivity index (χ4v) is 5.48. The number of fused-ring (bicyclic) bond motifs is 4. The van der Waals surface area contributed by atoms with Gasteiger partial charge in [-0.2, -0.15) is 17.4 Å². The van der Waals surface area contributed by atoms with E-state index in [0.717, 1.165) is 11.6 Å². The van der Waals surface area contributed by atoms with Crippen LogP contribution in [-0.4, -0.2) is 54.4 Å². The Morgan fingerprint density at radius 2 is 1.88 bits per heavy atom. The molecule has 2 aromatic carbocycles. The van der Waals surface area contributed by atoms with Crippen molar-refractivity contribution in [3.63, 3.8) is 0 Å². The molecule has 1 saturated heterocycles. The van der Waals surface area contributed by atoms with Crippen LogP contribution in [0.4, 0.5) is 18.9 Å². The van der Waals surface area contributed by atoms with Crippen molar-refractivity contribution in [3.8, 4) is 5.75 Å². The number of anilines is 1. The van der Waals surface area contributed by atoms with Crippen LogP contribution in [0.15, 0.2) is 47.3 Å². The van der Waals surface area contributed by atoms with Gasteiger partial charge in [-0.25, -0.2) is 4.79 Å². The van der Waals surface area contributed by atoms with Crippen LogP contribution in [0.25, 0.3) is 11.0 Å². The minimum atomic E-state index is -4.72. The molecule has 12 heteroatoms. The summed E-state index contributed by atoms with van der Waals surface area (Å²) in [5, 5.41) is 0. The molecule has 0 spiro atoms. The number of aromatic nitrogens is 2. The molecule has 2 aliphatic heterocycles. The smallest absolute Gasteiger partial charge is 0.385 e. The maximum absolute atomic E-state index is 13.4. The SMILES string of the molecule is O=c1[nH]c2ccccc2n1CCN1CCN2C(=S(=O)(O)Oc3c2cccc3C(F)(F)F)C1. The molecule has 0 radical (unpaired) electrons. The molecule has 2 aliphatic rings. The lowest BCUT2D eigenvalue weighted by atomic mass is 10.1. The van der Waals surface area contributed by atoms with Crippen LogP contribution in [0, 0.1) is 0 Å². The highest BCUT2D eigenvalue weighted by Crippen LogP contribution is 2.44. The first-order valence-corrected chi connectivity index (χ1v) is 11.3. The van der Waals surface area contributed by atoms with Crippen molar-refractivity contribution in [2.75, 3.05) is 31.1 Å². The van der Waals surface area contributed by atoms with Crippen LogP contribution in [0.2, 0.25) is 0 Å². The number of rotatable bonds is 3. The van der Waals surface area contributed by atoms with Gasteiger partial charge in [0.05, 0.1) is 23.3 Å². The number of hydrogen-bond donors (Lipinski definition) is 2. The Kier molecular flexibility index (Phi) is 4.76. The van der Waals surface area contributed by atoms with E-state index in [1.54, 1.807) is 10.6 Å². The Hall–Kier alpha value is -2.96. The third-order valence-electron chi connectivity index (χ3n) is 5.71. The summed E-state index contributed by atoms with van der Waals surface area (Å²) >= 11 is 0. The van der Waals surface area contributed by atoms with E-state index in [9.17, 15) is 26.7 Å². The van der Waals surface area contributed by atoms with Gasteiger partial charge in [-0.1, -0.05) is 18.2 Å². The van der Waals surface area contributed by atoms with E-state index in [1.807, 2.05) is 23.1 Å². The Morgan fingerprint density at radius 1 is 1.09 bits per heavy atom. The van der Waals surface area contributed by atoms with Crippen LogP contribution in [0.3, 0.4) is 0 Å². The van der Waals surface area contributed by atoms with Crippen molar-refractivity contribution in [2.45, 2.75) is 12.7 Å². The number of imidazole rings is 1. The number of benzene rings is 2. The first-order valence-electron chi connectivity index (χ1n) is 9.85. The summed E-state index contributed by atoms with van der Waals surface area (Å²) < 4.78 is 70.0. The molecule has 0 aliphatic carbocycles. The van der Waals surface area contributed by atoms with Gasteiger partial charge in [-0.05, 0) is 24.3 Å². The molecule has 5 rings (SSSR count). The van der Waals surface area contributed by atoms with E-state index in [-0.39, 0.29) is 29.5 Å². The van der Waals surface area contributed by atoms with Gasteiger partial charge < -0.3 is 14.1 Å². The molecule has 0 bridgehead atoms. The molecule has 0 saturated carbocycles. The molecule has 1 atom stereocenters. The first kappa shape index (κ1) is 20.9. The fourth-order valence-electron chi connectivity index (χ4n) is 4.17. The number of aromatic amines is 1. The molecule has 170 valence electrons. The maximum Gasteiger partial charge on any atom is 0.420 e. The number of hydrogen-bond acceptors (Lipinski definition) is 5. The molecular formula is C20H19F3N4O4S. The number of alkyl halides is 3. The third-order valence-corrected chi connectivity index (χ3v) is 7.04. The number of nitrogens with zero attached hydrogens (tertiary/aromatic N) is 3. The Morgan fingerprint density at radius 3 is 2.66 bits per heavy atom. The molecule has 1 aromatic heterocycles. The number of piperazine rings is 1. The van der Waals surface area contributed by atoms with E-state index < -0.39 is 27.6 Å². The summed E-state index contributed by atoms with van der Waals surface area (Å²) in [4.78, 5) is 18.4. The van der Waals surface area contributed by atoms with Crippen LogP contribution in [-0.2, 0) is 22.8 Å². The maximum atomic E-state index is 13.4. The van der Waals surface area contributed by atoms with Gasteiger partial charge in [0.25, 0.3) is 10.1 Å². The Balaban J connectivity index is 1.41. The van der Waals surface area contributed by atoms with Crippen molar-refractivity contribution < 1.29 is 26.1 Å². The van der Waals surface area contributed by atoms with Crippen LogP contribution in [0.1, 0.15) is 5.56 Å². The van der Waals surface area contributed by atoms with Gasteiger partial charge in [0.1, 0.15) is 10.6 Å². The topological polar surface area (TPSA) is 90.8 Å². The minimum absolute atomic E-state index is 0.00171. The lowest BCUT2D eigenvalue weighted by molar-refractivity contribution is -0.138. The normalized spacial score (nSPS) is 21.4. The largest absolute Gasteiger partial charge is 0.420 e. The monoisotopic (exact) mass is 468 g/mol. The second-order valence-corrected chi connectivity index (χ2v) is 9.22. The van der Waals surface area contributed by atoms with Crippen molar-refractivity contribution >= 4 is 31.8 Å². The zero-order chi connectivity index (χ0) is 22.7. The van der Waals surface area contributed by atoms with Gasteiger partial charge >= 0.3 is 11.9 Å². The van der Waals surface area contributed by atoms with E-state index in [4.69, 9.17) is 4.18 Å². The minimum Gasteiger partial charge on any atom is -0.385 e. The van der Waals surface area contributed by atoms with E-state index in [0.29, 0.717) is 25.2 Å². The highest BCUT2D eigenvalue weighted by atomic mass is 32.2. The average Bonchev–Trinajstić information content (AvgIpc) is 3.06. The second-order valence-electron chi connectivity index (χ2n) is 7.63. The number of halogens is 3. The fraction of sp³-hybridized carbons (Fsp3) is 0.300. The lowest BCUT2D eigenvalue weighted by Gasteiger charge is -2.41. The molecule has 2 N–H and O–H groups in total. The molecule has 3 aromatic rings. The van der Waals surface area contributed by atoms with Gasteiger partial charge in [0, 0.05) is 26.2 Å². The van der Waals surface area contributed by atoms with E-state index in [2.05, 4.69) is 4.98 Å². The third kappa shape index (κ3) is 3.44. The van der Waals surface area contributed by atoms with Crippen molar-refractivity contribution in [2.24, 2.45) is 0 Å². The van der Waals surface area contributed by atoms with E-state index in [1.165, 1.54) is 17.0 Å². The molecule has 8 nitrogen and oxygen atoms in total. The van der Waals surface area contributed by atoms with Crippen LogP contribution in [0.5, 0.6) is 5.75 Å². The highest BCUT2D eigenvalue weighted by Gasteiger charge is 2.42. The quantitative estimate of drug-likeness (QED) is 0.574. The standard InChI is InChI=1S/C20H19F3N4O4S/c21-20(22,23)13-4-3-7-16-18(13)31-32(29,30)17-12-25(8-10-26(16)17)9-11-27-15-6-2-1-5-14(15)24-19(27)28/h1-7H,8-12H2,(H,24,28)(H,29,30). The summed E-state index contributed by atoms with van der Waals surface area (Å²) in [5.41, 5.74) is 0.252. The van der Waals surface area contributed by atoms with Gasteiger partial charge in [0.15, 0.2) is 5.75 Å². The number of nitrogens with one attached hydrogen (secondary N) is 1. The van der Waals surface area contributed by atoms with Crippen molar-refractivity contribution in [3.05, 3.63) is 58.5 Å². The van der Waals surface area contributed by atoms with Crippen molar-refractivity contribution in [1.29, 1.82) is 0 Å². The van der Waals surface area contributed by atoms with Gasteiger partial charge in [-0.3, -0.25) is 14.0 Å². The molecule has 0 amide bonds. The average molecular weight is 468 g/mol. The van der Waals surface area contributed by atoms with Crippen LogP contribution >= 0.6 is 0 Å². The molecular weight excluding hydrogens is 449 g/mol. The lowest BCUT2D eigenvalue weighted by Crippen LogP contribution is -2.55. The zero-order valence-corrected chi connectivity index (χ0v) is 17.4. The zero-order valence-electron chi connectivity index (χ0n) is 16.6. The predicted octanol–water partition coefficient (Wildman–Crippen LogP) is 2.37. The van der Waals surface area contributed by atoms with Gasteiger partial charge in [0.2, 0.25) is 0 Å². The molecule has 3 heterocycles. The molecule has 1 fully saturated rings. The summed E-state index contributed by atoms with van der Waals surface area (Å²) in [6.45, 7) is 1.43. The van der Waals surface area contributed by atoms with Crippen LogP contribution < -0.4 is 14.8 Å². The molecule has 32 heavy (non-hydrogen) atoms.